The van der Waals surface area contributed by atoms with Crippen molar-refractivity contribution in [3.8, 4) is 5.88 Å². The van der Waals surface area contributed by atoms with E-state index in [1.807, 2.05) is 0 Å². The van der Waals surface area contributed by atoms with Crippen molar-refractivity contribution in [3.05, 3.63) is 35.8 Å². The molecule has 0 aliphatic carbocycles. The summed E-state index contributed by atoms with van der Waals surface area (Å²) in [5.74, 6) is 0.186. The van der Waals surface area contributed by atoms with E-state index in [1.54, 1.807) is 31.2 Å². The minimum atomic E-state index is -0.254. The maximum absolute atomic E-state index is 12.4. The van der Waals surface area contributed by atoms with Gasteiger partial charge in [0.25, 0.3) is 5.91 Å². The minimum Gasteiger partial charge on any atom is -0.479 e. The van der Waals surface area contributed by atoms with E-state index in [-0.39, 0.29) is 5.91 Å². The predicted molar refractivity (Wildman–Crippen MR) is 98.5 cm³/mol. The normalized spacial score (nSPS) is 14.3. The molecular weight excluding hydrogens is 354 g/mol. The maximum atomic E-state index is 12.4. The van der Waals surface area contributed by atoms with Crippen LogP contribution in [0.25, 0.3) is 15.8 Å². The Bertz CT molecular complexity index is 1010. The van der Waals surface area contributed by atoms with Gasteiger partial charge in [-0.05, 0) is 12.0 Å². The van der Waals surface area contributed by atoms with Crippen LogP contribution in [0.4, 0.5) is 5.13 Å². The number of hydrogen-bond donors (Lipinski definition) is 1. The summed E-state index contributed by atoms with van der Waals surface area (Å²) in [4.78, 5) is 21.3. The van der Waals surface area contributed by atoms with Crippen molar-refractivity contribution < 1.29 is 14.3 Å². The van der Waals surface area contributed by atoms with Crippen molar-refractivity contribution in [2.75, 3.05) is 25.6 Å². The fourth-order valence-corrected chi connectivity index (χ4v) is 3.80. The molecule has 0 atom stereocenters. The number of anilines is 1. The van der Waals surface area contributed by atoms with Crippen LogP contribution >= 0.6 is 11.3 Å². The zero-order valence-corrected chi connectivity index (χ0v) is 15.2. The molecule has 0 bridgehead atoms. The summed E-state index contributed by atoms with van der Waals surface area (Å²) in [6.45, 7) is 1.27. The number of fused-ring (bicyclic) bond motifs is 1. The van der Waals surface area contributed by atoms with Crippen LogP contribution < -0.4 is 10.1 Å². The molecule has 1 aliphatic heterocycles. The van der Waals surface area contributed by atoms with E-state index in [9.17, 15) is 4.79 Å². The molecule has 0 unspecified atom stereocenters. The van der Waals surface area contributed by atoms with Gasteiger partial charge in [-0.15, -0.1) is 0 Å². The summed E-state index contributed by atoms with van der Waals surface area (Å²) in [7, 11) is 3.32. The van der Waals surface area contributed by atoms with Gasteiger partial charge < -0.3 is 9.47 Å². The standard InChI is InChI=1S/C17H17N5O3S/c1-22-9-11(7-19-22)15(23)21-17-20-13-14(26-17)12(8-18-16(13)24-2)10-3-5-25-6-4-10/h3,7-9H,4-6H2,1-2H3,(H,20,21,23). The van der Waals surface area contributed by atoms with Gasteiger partial charge in [0.05, 0.1) is 36.8 Å². The highest BCUT2D eigenvalue weighted by molar-refractivity contribution is 7.22. The third kappa shape index (κ3) is 3.06. The number of carbonyl (C=O) groups is 1. The fraction of sp³-hybridized carbons (Fsp3) is 0.294. The van der Waals surface area contributed by atoms with E-state index in [4.69, 9.17) is 9.47 Å². The van der Waals surface area contributed by atoms with Gasteiger partial charge in [-0.1, -0.05) is 17.4 Å². The lowest BCUT2D eigenvalue weighted by Gasteiger charge is -2.14. The Hall–Kier alpha value is -2.78. The fourth-order valence-electron chi connectivity index (χ4n) is 2.80. The first kappa shape index (κ1) is 16.7. The third-order valence-corrected chi connectivity index (χ3v) is 5.08. The van der Waals surface area contributed by atoms with Crippen LogP contribution in [-0.4, -0.2) is 46.0 Å². The average Bonchev–Trinajstić information content (AvgIpc) is 3.27. The molecule has 4 rings (SSSR count). The zero-order valence-electron chi connectivity index (χ0n) is 14.4. The molecule has 4 heterocycles. The lowest BCUT2D eigenvalue weighted by Crippen LogP contribution is -2.10. The Labute approximate surface area is 153 Å². The molecule has 8 nitrogen and oxygen atoms in total. The second-order valence-corrected chi connectivity index (χ2v) is 6.79. The van der Waals surface area contributed by atoms with Crippen LogP contribution in [0.5, 0.6) is 5.88 Å². The Morgan fingerprint density at radius 2 is 2.31 bits per heavy atom. The number of amides is 1. The van der Waals surface area contributed by atoms with Crippen molar-refractivity contribution in [1.82, 2.24) is 19.7 Å². The number of methoxy groups -OCH3 is 1. The van der Waals surface area contributed by atoms with Gasteiger partial charge in [-0.25, -0.2) is 9.97 Å². The van der Waals surface area contributed by atoms with Crippen molar-refractivity contribution in [3.63, 3.8) is 0 Å². The van der Waals surface area contributed by atoms with Gasteiger partial charge in [-0.3, -0.25) is 14.8 Å². The highest BCUT2D eigenvalue weighted by Gasteiger charge is 2.19. The van der Waals surface area contributed by atoms with Crippen LogP contribution in [-0.2, 0) is 11.8 Å². The number of hydrogen-bond acceptors (Lipinski definition) is 7. The van der Waals surface area contributed by atoms with E-state index >= 15 is 0 Å². The number of rotatable bonds is 4. The van der Waals surface area contributed by atoms with Crippen LogP contribution in [0, 0.1) is 0 Å². The second-order valence-electron chi connectivity index (χ2n) is 5.79. The lowest BCUT2D eigenvalue weighted by atomic mass is 10.0. The van der Waals surface area contributed by atoms with Gasteiger partial charge in [0, 0.05) is 25.0 Å². The molecule has 0 aromatic carbocycles. The number of carbonyl (C=O) groups excluding carboxylic acids is 1. The van der Waals surface area contributed by atoms with Crippen molar-refractivity contribution in [2.24, 2.45) is 7.05 Å². The second kappa shape index (κ2) is 6.85. The lowest BCUT2D eigenvalue weighted by molar-refractivity contribution is 0.102. The summed E-state index contributed by atoms with van der Waals surface area (Å²) >= 11 is 1.40. The van der Waals surface area contributed by atoms with Gasteiger partial charge in [0.15, 0.2) is 5.13 Å². The van der Waals surface area contributed by atoms with Crippen LogP contribution in [0.3, 0.4) is 0 Å². The molecular formula is C17H17N5O3S. The molecule has 1 N–H and O–H groups in total. The van der Waals surface area contributed by atoms with E-state index in [0.717, 1.165) is 16.7 Å². The number of pyridine rings is 1. The molecule has 1 aliphatic rings. The third-order valence-electron chi connectivity index (χ3n) is 4.08. The molecule has 3 aromatic rings. The smallest absolute Gasteiger partial charge is 0.260 e. The first-order chi connectivity index (χ1) is 12.7. The predicted octanol–water partition coefficient (Wildman–Crippen LogP) is 2.49. The van der Waals surface area contributed by atoms with E-state index in [0.29, 0.717) is 35.3 Å². The number of aromatic nitrogens is 4. The summed E-state index contributed by atoms with van der Waals surface area (Å²) in [6.07, 6.45) is 7.84. The number of aryl methyl sites for hydroxylation is 1. The Morgan fingerprint density at radius 3 is 3.00 bits per heavy atom. The Kier molecular flexibility index (Phi) is 4.39. The summed E-state index contributed by atoms with van der Waals surface area (Å²) in [6, 6.07) is 0. The summed E-state index contributed by atoms with van der Waals surface area (Å²) in [5.41, 5.74) is 3.29. The highest BCUT2D eigenvalue weighted by atomic mass is 32.1. The number of thiazole rings is 1. The molecule has 9 heteroatoms. The Morgan fingerprint density at radius 1 is 1.42 bits per heavy atom. The maximum Gasteiger partial charge on any atom is 0.260 e. The number of ether oxygens (including phenoxy) is 2. The SMILES string of the molecule is COc1ncc(C2=CCOCC2)c2sc(NC(=O)c3cnn(C)c3)nc12. The molecule has 0 spiro atoms. The van der Waals surface area contributed by atoms with Crippen LogP contribution in [0.1, 0.15) is 22.3 Å². The highest BCUT2D eigenvalue weighted by Crippen LogP contribution is 2.37. The molecule has 3 aromatic heterocycles. The number of nitrogens with one attached hydrogen (secondary N) is 1. The van der Waals surface area contributed by atoms with Gasteiger partial charge in [0.1, 0.15) is 5.52 Å². The zero-order chi connectivity index (χ0) is 18.1. The van der Waals surface area contributed by atoms with Gasteiger partial charge in [0.2, 0.25) is 5.88 Å². The molecule has 134 valence electrons. The first-order valence-corrected chi connectivity index (χ1v) is 8.88. The largest absolute Gasteiger partial charge is 0.479 e. The Balaban J connectivity index is 1.72. The average molecular weight is 371 g/mol. The van der Waals surface area contributed by atoms with Gasteiger partial charge in [-0.2, -0.15) is 5.10 Å². The van der Waals surface area contributed by atoms with E-state index in [2.05, 4.69) is 26.5 Å². The summed E-state index contributed by atoms with van der Waals surface area (Å²) in [5, 5.41) is 7.34. The monoisotopic (exact) mass is 371 g/mol. The molecule has 0 radical (unpaired) electrons. The van der Waals surface area contributed by atoms with E-state index in [1.165, 1.54) is 23.1 Å². The molecule has 0 saturated heterocycles. The number of nitrogens with zero attached hydrogens (tertiary/aromatic N) is 4. The molecule has 0 fully saturated rings. The van der Waals surface area contributed by atoms with E-state index < -0.39 is 0 Å². The van der Waals surface area contributed by atoms with Gasteiger partial charge >= 0.3 is 0 Å². The molecule has 0 saturated carbocycles. The minimum absolute atomic E-state index is 0.254. The molecule has 26 heavy (non-hydrogen) atoms. The molecule has 1 amide bonds. The van der Waals surface area contributed by atoms with Crippen LogP contribution in [0.15, 0.2) is 24.7 Å². The first-order valence-electron chi connectivity index (χ1n) is 8.06. The van der Waals surface area contributed by atoms with Crippen molar-refractivity contribution >= 4 is 38.2 Å². The summed E-state index contributed by atoms with van der Waals surface area (Å²) < 4.78 is 13.2. The van der Waals surface area contributed by atoms with Crippen molar-refractivity contribution in [2.45, 2.75) is 6.42 Å². The quantitative estimate of drug-likeness (QED) is 0.758. The van der Waals surface area contributed by atoms with Crippen LogP contribution in [0.2, 0.25) is 0 Å². The topological polar surface area (TPSA) is 91.2 Å². The van der Waals surface area contributed by atoms with Crippen molar-refractivity contribution in [1.29, 1.82) is 0 Å².